The molecule has 1 fully saturated rings. The fourth-order valence-electron chi connectivity index (χ4n) is 3.82. The first-order valence-corrected chi connectivity index (χ1v) is 10.4. The van der Waals surface area contributed by atoms with Crippen LogP contribution in [0, 0.1) is 12.8 Å². The Morgan fingerprint density at radius 2 is 1.75 bits per heavy atom. The molecule has 1 aromatic heterocycles. The third-order valence-electron chi connectivity index (χ3n) is 5.59. The molecule has 0 spiro atoms. The molecule has 9 nitrogen and oxygen atoms in total. The third-order valence-corrected chi connectivity index (χ3v) is 5.59. The van der Waals surface area contributed by atoms with E-state index in [-0.39, 0.29) is 24.1 Å². The summed E-state index contributed by atoms with van der Waals surface area (Å²) in [5.74, 6) is -1.59. The summed E-state index contributed by atoms with van der Waals surface area (Å²) >= 11 is 0. The summed E-state index contributed by atoms with van der Waals surface area (Å²) in [6.07, 6.45) is 1.30. The van der Waals surface area contributed by atoms with Crippen molar-refractivity contribution in [2.24, 2.45) is 5.92 Å². The molecule has 3 amide bonds. The molecule has 2 aromatic carbocycles. The Kier molecular flexibility index (Phi) is 5.98. The van der Waals surface area contributed by atoms with Gasteiger partial charge in [-0.25, -0.2) is 5.10 Å². The van der Waals surface area contributed by atoms with Crippen LogP contribution in [0.15, 0.2) is 53.3 Å². The Bertz CT molecular complexity index is 1240. The van der Waals surface area contributed by atoms with Gasteiger partial charge in [-0.1, -0.05) is 35.9 Å². The van der Waals surface area contributed by atoms with Gasteiger partial charge in [-0.15, -0.1) is 0 Å². The molecule has 1 atom stereocenters. The van der Waals surface area contributed by atoms with Crippen LogP contribution in [0.3, 0.4) is 0 Å². The van der Waals surface area contributed by atoms with Crippen molar-refractivity contribution in [2.45, 2.75) is 19.8 Å². The van der Waals surface area contributed by atoms with Crippen LogP contribution in [-0.2, 0) is 4.79 Å². The summed E-state index contributed by atoms with van der Waals surface area (Å²) in [6.45, 7) is 2.81. The highest BCUT2D eigenvalue weighted by Crippen LogP contribution is 2.19. The van der Waals surface area contributed by atoms with Gasteiger partial charge < -0.3 is 4.90 Å². The van der Waals surface area contributed by atoms with Crippen LogP contribution < -0.4 is 16.4 Å². The van der Waals surface area contributed by atoms with E-state index in [9.17, 15) is 19.2 Å². The minimum atomic E-state index is -0.644. The predicted octanol–water partition coefficient (Wildman–Crippen LogP) is 1.54. The Morgan fingerprint density at radius 3 is 2.50 bits per heavy atom. The molecule has 1 aliphatic rings. The molecule has 1 aliphatic heterocycles. The van der Waals surface area contributed by atoms with Crippen LogP contribution in [0.5, 0.6) is 0 Å². The monoisotopic (exact) mass is 433 g/mol. The maximum Gasteiger partial charge on any atom is 0.290 e. The van der Waals surface area contributed by atoms with E-state index in [0.717, 1.165) is 5.56 Å². The van der Waals surface area contributed by atoms with Gasteiger partial charge in [0.2, 0.25) is 5.91 Å². The highest BCUT2D eigenvalue weighted by Gasteiger charge is 2.29. The first-order chi connectivity index (χ1) is 15.4. The molecule has 2 heterocycles. The number of aromatic nitrogens is 2. The topological polar surface area (TPSA) is 124 Å². The predicted molar refractivity (Wildman–Crippen MR) is 118 cm³/mol. The molecule has 0 aliphatic carbocycles. The summed E-state index contributed by atoms with van der Waals surface area (Å²) in [7, 11) is 0. The quantitative estimate of drug-likeness (QED) is 0.541. The van der Waals surface area contributed by atoms with Gasteiger partial charge in [-0.3, -0.25) is 30.0 Å². The van der Waals surface area contributed by atoms with Crippen molar-refractivity contribution in [3.63, 3.8) is 0 Å². The van der Waals surface area contributed by atoms with Crippen molar-refractivity contribution in [3.05, 3.63) is 75.7 Å². The molecule has 9 heteroatoms. The minimum Gasteiger partial charge on any atom is -0.338 e. The summed E-state index contributed by atoms with van der Waals surface area (Å²) in [5, 5.41) is 6.82. The molecule has 0 radical (unpaired) electrons. The van der Waals surface area contributed by atoms with E-state index in [0.29, 0.717) is 35.7 Å². The average Bonchev–Trinajstić information content (AvgIpc) is 2.83. The molecule has 1 unspecified atom stereocenters. The zero-order valence-electron chi connectivity index (χ0n) is 17.6. The number of benzene rings is 2. The van der Waals surface area contributed by atoms with Crippen molar-refractivity contribution in [3.8, 4) is 0 Å². The van der Waals surface area contributed by atoms with Gasteiger partial charge in [0.1, 0.15) is 0 Å². The zero-order valence-corrected chi connectivity index (χ0v) is 17.6. The summed E-state index contributed by atoms with van der Waals surface area (Å²) in [5.41, 5.74) is 6.04. The van der Waals surface area contributed by atoms with Crippen LogP contribution in [-0.4, -0.2) is 45.9 Å². The number of likely N-dealkylation sites (tertiary alicyclic amines) is 1. The smallest absolute Gasteiger partial charge is 0.290 e. The van der Waals surface area contributed by atoms with Crippen LogP contribution in [0.1, 0.15) is 39.3 Å². The van der Waals surface area contributed by atoms with Gasteiger partial charge in [0.05, 0.1) is 11.3 Å². The number of H-pyrrole nitrogens is 1. The molecule has 0 bridgehead atoms. The van der Waals surface area contributed by atoms with Gasteiger partial charge in [-0.05, 0) is 38.0 Å². The van der Waals surface area contributed by atoms with E-state index in [4.69, 9.17) is 0 Å². The van der Waals surface area contributed by atoms with E-state index in [1.807, 2.05) is 19.1 Å². The van der Waals surface area contributed by atoms with E-state index >= 15 is 0 Å². The molecule has 3 aromatic rings. The summed E-state index contributed by atoms with van der Waals surface area (Å²) in [4.78, 5) is 51.5. The Morgan fingerprint density at radius 1 is 1.03 bits per heavy atom. The van der Waals surface area contributed by atoms with Crippen molar-refractivity contribution >= 4 is 28.5 Å². The lowest BCUT2D eigenvalue weighted by atomic mass is 9.96. The van der Waals surface area contributed by atoms with E-state index in [1.54, 1.807) is 41.3 Å². The largest absolute Gasteiger partial charge is 0.338 e. The number of hydrogen-bond acceptors (Lipinski definition) is 5. The van der Waals surface area contributed by atoms with Crippen LogP contribution in [0.25, 0.3) is 10.8 Å². The fraction of sp³-hybridized carbons (Fsp3) is 0.261. The lowest BCUT2D eigenvalue weighted by Gasteiger charge is -2.32. The fourth-order valence-corrected chi connectivity index (χ4v) is 3.82. The molecular weight excluding hydrogens is 410 g/mol. The third kappa shape index (κ3) is 4.36. The lowest BCUT2D eigenvalue weighted by Crippen LogP contribution is -2.50. The molecule has 1 saturated heterocycles. The summed E-state index contributed by atoms with van der Waals surface area (Å²) in [6, 6.07) is 13.9. The van der Waals surface area contributed by atoms with Crippen LogP contribution in [0.4, 0.5) is 0 Å². The van der Waals surface area contributed by atoms with E-state index < -0.39 is 17.4 Å². The summed E-state index contributed by atoms with van der Waals surface area (Å²) < 4.78 is 0. The van der Waals surface area contributed by atoms with Crippen molar-refractivity contribution < 1.29 is 14.4 Å². The van der Waals surface area contributed by atoms with Gasteiger partial charge in [0, 0.05) is 24.0 Å². The number of nitrogens with one attached hydrogen (secondary N) is 3. The second kappa shape index (κ2) is 9.01. The van der Waals surface area contributed by atoms with E-state index in [1.165, 1.54) is 0 Å². The molecule has 4 rings (SSSR count). The van der Waals surface area contributed by atoms with Crippen molar-refractivity contribution in [1.82, 2.24) is 25.9 Å². The number of aromatic amines is 1. The Balaban J connectivity index is 1.39. The maximum atomic E-state index is 12.8. The van der Waals surface area contributed by atoms with Crippen LogP contribution in [0.2, 0.25) is 0 Å². The number of piperidine rings is 1. The standard InChI is InChI=1S/C23H23N5O4/c1-14-8-10-15(11-9-14)23(32)28-12-4-5-16(13-28)20(29)25-27-22(31)19-17-6-2-3-7-18(17)21(30)26-24-19/h2-3,6-11,16H,4-5,12-13H2,1H3,(H,25,29)(H,26,30)(H,27,31). The molecule has 0 saturated carbocycles. The normalized spacial score (nSPS) is 15.9. The number of hydrazine groups is 1. The first kappa shape index (κ1) is 21.2. The number of fused-ring (bicyclic) bond motifs is 1. The zero-order chi connectivity index (χ0) is 22.7. The second-order valence-corrected chi connectivity index (χ2v) is 7.85. The molecule has 3 N–H and O–H groups in total. The number of nitrogens with zero attached hydrogens (tertiary/aromatic N) is 2. The van der Waals surface area contributed by atoms with Gasteiger partial charge in [0.15, 0.2) is 5.69 Å². The number of hydrogen-bond donors (Lipinski definition) is 3. The number of rotatable bonds is 3. The average molecular weight is 433 g/mol. The number of amides is 3. The van der Waals surface area contributed by atoms with Gasteiger partial charge >= 0.3 is 0 Å². The maximum absolute atomic E-state index is 12.8. The Labute approximate surface area is 183 Å². The second-order valence-electron chi connectivity index (χ2n) is 7.85. The highest BCUT2D eigenvalue weighted by atomic mass is 16.2. The lowest BCUT2D eigenvalue weighted by molar-refractivity contribution is -0.127. The highest BCUT2D eigenvalue weighted by molar-refractivity contribution is 6.05. The SMILES string of the molecule is Cc1ccc(C(=O)N2CCCC(C(=O)NNC(=O)c3n[nH]c(=O)c4ccccc34)C2)cc1. The van der Waals surface area contributed by atoms with Gasteiger partial charge in [-0.2, -0.15) is 5.10 Å². The van der Waals surface area contributed by atoms with E-state index in [2.05, 4.69) is 21.0 Å². The van der Waals surface area contributed by atoms with Gasteiger partial charge in [0.25, 0.3) is 17.4 Å². The number of aryl methyl sites for hydroxylation is 1. The molecular formula is C23H23N5O4. The van der Waals surface area contributed by atoms with Crippen molar-refractivity contribution in [2.75, 3.05) is 13.1 Å². The minimum absolute atomic E-state index is 0.000296. The van der Waals surface area contributed by atoms with Crippen molar-refractivity contribution in [1.29, 1.82) is 0 Å². The Hall–Kier alpha value is -4.01. The molecule has 164 valence electrons. The van der Waals surface area contributed by atoms with Crippen LogP contribution >= 0.6 is 0 Å². The molecule has 32 heavy (non-hydrogen) atoms. The first-order valence-electron chi connectivity index (χ1n) is 10.4. The number of carbonyl (C=O) groups excluding carboxylic acids is 3. The number of carbonyl (C=O) groups is 3.